The third-order valence-electron chi connectivity index (χ3n) is 2.98. The molecule has 2 rings (SSSR count). The zero-order chi connectivity index (χ0) is 16.2. The van der Waals surface area contributed by atoms with Gasteiger partial charge in [-0.15, -0.1) is 11.8 Å². The number of carbonyl (C=O) groups excluding carboxylic acids is 1. The summed E-state index contributed by atoms with van der Waals surface area (Å²) in [7, 11) is 1.38. The number of esters is 1. The van der Waals surface area contributed by atoms with Gasteiger partial charge in [-0.3, -0.25) is 0 Å². The molecule has 0 bridgehead atoms. The Balaban J connectivity index is 1.86. The molecular weight excluding hydrogens is 300 g/mol. The fourth-order valence-electron chi connectivity index (χ4n) is 1.73. The van der Waals surface area contributed by atoms with E-state index in [1.165, 1.54) is 7.11 Å². The predicted molar refractivity (Wildman–Crippen MR) is 85.8 cm³/mol. The standard InChI is InChI=1S/C16H20N2O3S/c1-16(2,3)15-17-13(18-21-15)10-22-9-11-5-7-12(8-6-11)14(19)20-4/h5-8H,9-10H2,1-4H3. The summed E-state index contributed by atoms with van der Waals surface area (Å²) in [4.78, 5) is 15.8. The van der Waals surface area contributed by atoms with Crippen LogP contribution < -0.4 is 0 Å². The largest absolute Gasteiger partial charge is 0.465 e. The van der Waals surface area contributed by atoms with Crippen molar-refractivity contribution in [3.05, 3.63) is 47.1 Å². The molecule has 22 heavy (non-hydrogen) atoms. The van der Waals surface area contributed by atoms with Gasteiger partial charge >= 0.3 is 5.97 Å². The molecule has 118 valence electrons. The molecule has 0 saturated heterocycles. The number of aromatic nitrogens is 2. The Labute approximate surface area is 134 Å². The van der Waals surface area contributed by atoms with Crippen LogP contribution in [0.3, 0.4) is 0 Å². The maximum Gasteiger partial charge on any atom is 0.337 e. The molecule has 0 atom stereocenters. The number of hydrogen-bond acceptors (Lipinski definition) is 6. The van der Waals surface area contributed by atoms with Crippen molar-refractivity contribution in [1.29, 1.82) is 0 Å². The van der Waals surface area contributed by atoms with Gasteiger partial charge in [0.15, 0.2) is 5.82 Å². The third kappa shape index (κ3) is 4.34. The van der Waals surface area contributed by atoms with Gasteiger partial charge in [0.1, 0.15) is 0 Å². The van der Waals surface area contributed by atoms with Crippen LogP contribution in [-0.2, 0) is 21.7 Å². The number of ether oxygens (including phenoxy) is 1. The molecule has 0 amide bonds. The molecule has 0 aliphatic rings. The minimum atomic E-state index is -0.319. The zero-order valence-electron chi connectivity index (χ0n) is 13.3. The summed E-state index contributed by atoms with van der Waals surface area (Å²) >= 11 is 1.70. The van der Waals surface area contributed by atoms with E-state index in [0.717, 1.165) is 11.3 Å². The van der Waals surface area contributed by atoms with E-state index in [2.05, 4.69) is 14.9 Å². The van der Waals surface area contributed by atoms with Crippen LogP contribution in [0.5, 0.6) is 0 Å². The second-order valence-electron chi connectivity index (χ2n) is 5.95. The van der Waals surface area contributed by atoms with E-state index in [-0.39, 0.29) is 11.4 Å². The van der Waals surface area contributed by atoms with Gasteiger partial charge in [0.25, 0.3) is 0 Å². The molecule has 0 spiro atoms. The van der Waals surface area contributed by atoms with E-state index >= 15 is 0 Å². The number of benzene rings is 1. The summed E-state index contributed by atoms with van der Waals surface area (Å²) < 4.78 is 9.93. The Morgan fingerprint density at radius 1 is 1.23 bits per heavy atom. The molecule has 6 heteroatoms. The third-order valence-corrected chi connectivity index (χ3v) is 3.98. The maximum absolute atomic E-state index is 11.4. The van der Waals surface area contributed by atoms with Gasteiger partial charge in [-0.1, -0.05) is 38.1 Å². The second-order valence-corrected chi connectivity index (χ2v) is 6.93. The number of thioether (sulfide) groups is 1. The van der Waals surface area contributed by atoms with Gasteiger partial charge < -0.3 is 9.26 Å². The molecule has 0 aliphatic heterocycles. The summed E-state index contributed by atoms with van der Waals surface area (Å²) in [5.41, 5.74) is 1.57. The number of methoxy groups -OCH3 is 1. The van der Waals surface area contributed by atoms with Gasteiger partial charge in [0.2, 0.25) is 5.89 Å². The van der Waals surface area contributed by atoms with Gasteiger partial charge in [0.05, 0.1) is 18.4 Å². The van der Waals surface area contributed by atoms with Crippen molar-refractivity contribution in [2.75, 3.05) is 7.11 Å². The first-order chi connectivity index (χ1) is 10.4. The first kappa shape index (κ1) is 16.5. The van der Waals surface area contributed by atoms with E-state index in [9.17, 15) is 4.79 Å². The lowest BCUT2D eigenvalue weighted by molar-refractivity contribution is 0.0600. The maximum atomic E-state index is 11.4. The fraction of sp³-hybridized carbons (Fsp3) is 0.438. The summed E-state index contributed by atoms with van der Waals surface area (Å²) in [6.45, 7) is 6.13. The molecule has 0 aliphatic carbocycles. The fourth-order valence-corrected chi connectivity index (χ4v) is 2.56. The molecule has 0 unspecified atom stereocenters. The highest BCUT2D eigenvalue weighted by atomic mass is 32.2. The van der Waals surface area contributed by atoms with Gasteiger partial charge in [-0.2, -0.15) is 4.98 Å². The van der Waals surface area contributed by atoms with Crippen molar-refractivity contribution < 1.29 is 14.1 Å². The van der Waals surface area contributed by atoms with Crippen LogP contribution in [0.2, 0.25) is 0 Å². The number of nitrogens with zero attached hydrogens (tertiary/aromatic N) is 2. The average molecular weight is 320 g/mol. The lowest BCUT2D eigenvalue weighted by Crippen LogP contribution is -2.11. The van der Waals surface area contributed by atoms with E-state index in [4.69, 9.17) is 4.52 Å². The number of carbonyl (C=O) groups is 1. The molecule has 2 aromatic rings. The van der Waals surface area contributed by atoms with Crippen LogP contribution >= 0.6 is 11.8 Å². The predicted octanol–water partition coefficient (Wildman–Crippen LogP) is 3.59. The Morgan fingerprint density at radius 2 is 1.91 bits per heavy atom. The molecule has 1 heterocycles. The van der Waals surface area contributed by atoms with Crippen LogP contribution in [0.1, 0.15) is 48.4 Å². The van der Waals surface area contributed by atoms with Crippen LogP contribution in [0.15, 0.2) is 28.8 Å². The van der Waals surface area contributed by atoms with Crippen molar-refractivity contribution in [3.8, 4) is 0 Å². The van der Waals surface area contributed by atoms with Crippen LogP contribution in [0.25, 0.3) is 0 Å². The normalized spacial score (nSPS) is 11.5. The first-order valence-corrected chi connectivity index (χ1v) is 8.13. The lowest BCUT2D eigenvalue weighted by Gasteiger charge is -2.10. The van der Waals surface area contributed by atoms with Gasteiger partial charge in [-0.25, -0.2) is 4.79 Å². The molecule has 5 nitrogen and oxygen atoms in total. The second kappa shape index (κ2) is 6.96. The van der Waals surface area contributed by atoms with E-state index in [0.29, 0.717) is 23.0 Å². The van der Waals surface area contributed by atoms with Crippen molar-refractivity contribution >= 4 is 17.7 Å². The first-order valence-electron chi connectivity index (χ1n) is 6.98. The molecule has 1 aromatic carbocycles. The highest BCUT2D eigenvalue weighted by Crippen LogP contribution is 2.22. The topological polar surface area (TPSA) is 65.2 Å². The molecule has 1 aromatic heterocycles. The van der Waals surface area contributed by atoms with Crippen LogP contribution in [0, 0.1) is 0 Å². The van der Waals surface area contributed by atoms with Crippen molar-refractivity contribution in [2.45, 2.75) is 37.7 Å². The summed E-state index contributed by atoms with van der Waals surface area (Å²) in [5, 5.41) is 3.99. The SMILES string of the molecule is COC(=O)c1ccc(CSCc2noc(C(C)(C)C)n2)cc1. The number of hydrogen-bond donors (Lipinski definition) is 0. The molecule has 0 fully saturated rings. The molecular formula is C16H20N2O3S. The van der Waals surface area contributed by atoms with Gasteiger partial charge in [-0.05, 0) is 17.7 Å². The molecule has 0 saturated carbocycles. The average Bonchev–Trinajstić information content (AvgIpc) is 2.96. The zero-order valence-corrected chi connectivity index (χ0v) is 14.1. The lowest BCUT2D eigenvalue weighted by atomic mass is 9.97. The minimum Gasteiger partial charge on any atom is -0.465 e. The van der Waals surface area contributed by atoms with E-state index in [1.54, 1.807) is 23.9 Å². The number of rotatable bonds is 5. The van der Waals surface area contributed by atoms with Gasteiger partial charge in [0, 0.05) is 11.2 Å². The quantitative estimate of drug-likeness (QED) is 0.784. The monoisotopic (exact) mass is 320 g/mol. The van der Waals surface area contributed by atoms with Crippen molar-refractivity contribution in [3.63, 3.8) is 0 Å². The summed E-state index contributed by atoms with van der Waals surface area (Å²) in [5.74, 6) is 2.56. The Morgan fingerprint density at radius 3 is 2.45 bits per heavy atom. The minimum absolute atomic E-state index is 0.125. The Bertz CT molecular complexity index is 630. The van der Waals surface area contributed by atoms with E-state index < -0.39 is 0 Å². The molecule has 0 N–H and O–H groups in total. The highest BCUT2D eigenvalue weighted by molar-refractivity contribution is 7.97. The van der Waals surface area contributed by atoms with Crippen molar-refractivity contribution in [2.24, 2.45) is 0 Å². The Hall–Kier alpha value is -1.82. The van der Waals surface area contributed by atoms with Crippen LogP contribution in [0.4, 0.5) is 0 Å². The smallest absolute Gasteiger partial charge is 0.337 e. The van der Waals surface area contributed by atoms with E-state index in [1.807, 2.05) is 32.9 Å². The highest BCUT2D eigenvalue weighted by Gasteiger charge is 2.21. The van der Waals surface area contributed by atoms with Crippen molar-refractivity contribution in [1.82, 2.24) is 10.1 Å². The molecule has 0 radical (unpaired) electrons. The summed E-state index contributed by atoms with van der Waals surface area (Å²) in [6.07, 6.45) is 0. The van der Waals surface area contributed by atoms with Crippen LogP contribution in [-0.4, -0.2) is 23.2 Å². The summed E-state index contributed by atoms with van der Waals surface area (Å²) in [6, 6.07) is 7.40. The Kier molecular flexibility index (Phi) is 5.24.